The van der Waals surface area contributed by atoms with E-state index in [2.05, 4.69) is 26.5 Å². The Balaban J connectivity index is 2.00. The van der Waals surface area contributed by atoms with E-state index in [0.29, 0.717) is 0 Å². The summed E-state index contributed by atoms with van der Waals surface area (Å²) in [4.78, 5) is 0. The predicted octanol–water partition coefficient (Wildman–Crippen LogP) is 3.81. The van der Waals surface area contributed by atoms with E-state index in [4.69, 9.17) is 5.41 Å². The second-order valence-electron chi connectivity index (χ2n) is 3.93. The molecule has 0 saturated heterocycles. The Hall–Kier alpha value is -1.16. The van der Waals surface area contributed by atoms with Crippen molar-refractivity contribution in [3.05, 3.63) is 28.7 Å². The maximum atomic E-state index is 7.62. The number of hydrogen-bond acceptors (Lipinski definition) is 3. The van der Waals surface area contributed by atoms with E-state index in [-0.39, 0.29) is 0 Å². The fraction of sp³-hybridized carbons (Fsp3) is 0.333. The summed E-state index contributed by atoms with van der Waals surface area (Å²) < 4.78 is 1.04. The lowest BCUT2D eigenvalue weighted by atomic mass is 9.97. The summed E-state index contributed by atoms with van der Waals surface area (Å²) in [6, 6.07) is 7.91. The average Bonchev–Trinajstić information content (AvgIpc) is 2.27. The summed E-state index contributed by atoms with van der Waals surface area (Å²) in [7, 11) is 0. The fourth-order valence-corrected chi connectivity index (χ4v) is 2.13. The average molecular weight is 280 g/mol. The molecule has 4 heteroatoms. The molecule has 0 bridgehead atoms. The van der Waals surface area contributed by atoms with Crippen molar-refractivity contribution in [2.75, 3.05) is 5.43 Å². The van der Waals surface area contributed by atoms with Gasteiger partial charge in [0.15, 0.2) is 0 Å². The number of rotatable bonds is 2. The summed E-state index contributed by atoms with van der Waals surface area (Å²) >= 11 is 3.42. The highest BCUT2D eigenvalue weighted by atomic mass is 79.9. The van der Waals surface area contributed by atoms with Crippen LogP contribution in [0.15, 0.2) is 33.8 Å². The second-order valence-corrected chi connectivity index (χ2v) is 4.85. The first-order chi connectivity index (χ1) is 7.74. The molecule has 2 N–H and O–H groups in total. The van der Waals surface area contributed by atoms with Crippen molar-refractivity contribution in [2.45, 2.75) is 25.7 Å². The molecule has 1 fully saturated rings. The van der Waals surface area contributed by atoms with Crippen molar-refractivity contribution in [3.63, 3.8) is 0 Å². The van der Waals surface area contributed by atoms with Crippen LogP contribution in [0, 0.1) is 5.41 Å². The molecular weight excluding hydrogens is 266 g/mol. The van der Waals surface area contributed by atoms with E-state index in [1.165, 1.54) is 0 Å². The molecule has 1 aromatic carbocycles. The first-order valence-corrected chi connectivity index (χ1v) is 6.16. The van der Waals surface area contributed by atoms with E-state index < -0.39 is 0 Å². The van der Waals surface area contributed by atoms with Crippen LogP contribution in [0.4, 0.5) is 5.69 Å². The number of nitrogens with zero attached hydrogens (tertiary/aromatic N) is 1. The Kier molecular flexibility index (Phi) is 3.72. The van der Waals surface area contributed by atoms with Crippen molar-refractivity contribution in [2.24, 2.45) is 5.10 Å². The summed E-state index contributed by atoms with van der Waals surface area (Å²) in [6.07, 6.45) is 3.71. The van der Waals surface area contributed by atoms with Crippen LogP contribution in [0.25, 0.3) is 0 Å². The van der Waals surface area contributed by atoms with Gasteiger partial charge in [0.05, 0.1) is 5.69 Å². The minimum atomic E-state index is 0.723. The first kappa shape index (κ1) is 11.3. The molecule has 0 atom stereocenters. The van der Waals surface area contributed by atoms with E-state index in [1.807, 2.05) is 24.3 Å². The van der Waals surface area contributed by atoms with Crippen LogP contribution in [0.1, 0.15) is 25.7 Å². The van der Waals surface area contributed by atoms with Gasteiger partial charge in [-0.2, -0.15) is 5.10 Å². The van der Waals surface area contributed by atoms with Crippen molar-refractivity contribution in [1.29, 1.82) is 5.41 Å². The van der Waals surface area contributed by atoms with Gasteiger partial charge in [-0.25, -0.2) is 0 Å². The van der Waals surface area contributed by atoms with Gasteiger partial charge in [-0.05, 0) is 37.5 Å². The third-order valence-corrected chi connectivity index (χ3v) is 3.02. The zero-order valence-corrected chi connectivity index (χ0v) is 10.5. The predicted molar refractivity (Wildman–Crippen MR) is 71.4 cm³/mol. The zero-order valence-electron chi connectivity index (χ0n) is 8.96. The van der Waals surface area contributed by atoms with Gasteiger partial charge in [-0.3, -0.25) is 5.43 Å². The number of halogens is 1. The van der Waals surface area contributed by atoms with Crippen LogP contribution < -0.4 is 5.43 Å². The number of hydrogen-bond donors (Lipinski definition) is 2. The van der Waals surface area contributed by atoms with Gasteiger partial charge in [0.2, 0.25) is 0 Å². The topological polar surface area (TPSA) is 48.2 Å². The molecule has 0 aromatic heterocycles. The van der Waals surface area contributed by atoms with E-state index in [0.717, 1.165) is 47.3 Å². The normalized spacial score (nSPS) is 18.8. The van der Waals surface area contributed by atoms with Crippen LogP contribution >= 0.6 is 15.9 Å². The van der Waals surface area contributed by atoms with Gasteiger partial charge in [-0.15, -0.1) is 0 Å². The molecule has 2 rings (SSSR count). The molecule has 0 radical (unpaired) electrons. The lowest BCUT2D eigenvalue weighted by molar-refractivity contribution is 0.865. The quantitative estimate of drug-likeness (QED) is 0.795. The molecule has 84 valence electrons. The standard InChI is InChI=1S/C12H14BrN3/c13-9-3-1-5-11(7-9)15-16-12-6-2-4-10(14)8-12/h1,3,5,7,14-15H,2,4,6,8H2. The van der Waals surface area contributed by atoms with Crippen molar-refractivity contribution >= 4 is 33.0 Å². The third kappa shape index (κ3) is 3.17. The Morgan fingerprint density at radius 3 is 2.94 bits per heavy atom. The number of anilines is 1. The highest BCUT2D eigenvalue weighted by Crippen LogP contribution is 2.17. The Morgan fingerprint density at radius 2 is 2.19 bits per heavy atom. The Bertz CT molecular complexity index is 426. The van der Waals surface area contributed by atoms with Crippen LogP contribution in [0.3, 0.4) is 0 Å². The third-order valence-electron chi connectivity index (χ3n) is 2.53. The number of hydrazone groups is 1. The first-order valence-electron chi connectivity index (χ1n) is 5.37. The van der Waals surface area contributed by atoms with Gasteiger partial charge in [0.25, 0.3) is 0 Å². The maximum Gasteiger partial charge on any atom is 0.0573 e. The van der Waals surface area contributed by atoms with Crippen molar-refractivity contribution < 1.29 is 0 Å². The summed E-state index contributed by atoms with van der Waals surface area (Å²) in [5, 5.41) is 12.0. The SMILES string of the molecule is N=C1CCCC(=NNc2cccc(Br)c2)C1. The molecule has 0 amide bonds. The molecule has 1 aliphatic rings. The molecular formula is C12H14BrN3. The molecule has 3 nitrogen and oxygen atoms in total. The molecule has 1 saturated carbocycles. The van der Waals surface area contributed by atoms with Gasteiger partial charge >= 0.3 is 0 Å². The van der Waals surface area contributed by atoms with Gasteiger partial charge < -0.3 is 5.41 Å². The largest absolute Gasteiger partial charge is 0.309 e. The molecule has 0 spiro atoms. The lowest BCUT2D eigenvalue weighted by Crippen LogP contribution is -2.15. The maximum absolute atomic E-state index is 7.62. The summed E-state index contributed by atoms with van der Waals surface area (Å²) in [6.45, 7) is 0. The zero-order chi connectivity index (χ0) is 11.4. The second kappa shape index (κ2) is 5.25. The molecule has 16 heavy (non-hydrogen) atoms. The van der Waals surface area contributed by atoms with Crippen LogP contribution in [-0.2, 0) is 0 Å². The molecule has 0 aliphatic heterocycles. The molecule has 0 unspecified atom stereocenters. The van der Waals surface area contributed by atoms with Crippen molar-refractivity contribution in [3.8, 4) is 0 Å². The van der Waals surface area contributed by atoms with Gasteiger partial charge in [0.1, 0.15) is 0 Å². The molecule has 1 aromatic rings. The van der Waals surface area contributed by atoms with Crippen LogP contribution in [0.2, 0.25) is 0 Å². The van der Waals surface area contributed by atoms with E-state index in [9.17, 15) is 0 Å². The monoisotopic (exact) mass is 279 g/mol. The van der Waals surface area contributed by atoms with Gasteiger partial charge in [0, 0.05) is 22.3 Å². The van der Waals surface area contributed by atoms with Gasteiger partial charge in [-0.1, -0.05) is 22.0 Å². The highest BCUT2D eigenvalue weighted by molar-refractivity contribution is 9.10. The molecule has 1 aliphatic carbocycles. The lowest BCUT2D eigenvalue weighted by Gasteiger charge is -2.13. The Labute approximate surface area is 104 Å². The van der Waals surface area contributed by atoms with E-state index in [1.54, 1.807) is 0 Å². The minimum absolute atomic E-state index is 0.723. The van der Waals surface area contributed by atoms with Crippen molar-refractivity contribution in [1.82, 2.24) is 0 Å². The summed E-state index contributed by atoms with van der Waals surface area (Å²) in [5.41, 5.74) is 5.88. The molecule has 0 heterocycles. The van der Waals surface area contributed by atoms with Crippen LogP contribution in [0.5, 0.6) is 0 Å². The Morgan fingerprint density at radius 1 is 1.31 bits per heavy atom. The van der Waals surface area contributed by atoms with Crippen LogP contribution in [-0.4, -0.2) is 11.4 Å². The smallest absolute Gasteiger partial charge is 0.0573 e. The summed E-state index contributed by atoms with van der Waals surface area (Å²) in [5.74, 6) is 0. The fourth-order valence-electron chi connectivity index (χ4n) is 1.73. The minimum Gasteiger partial charge on any atom is -0.309 e. The number of benzene rings is 1. The van der Waals surface area contributed by atoms with E-state index >= 15 is 0 Å². The highest BCUT2D eigenvalue weighted by Gasteiger charge is 2.11. The number of nitrogens with one attached hydrogen (secondary N) is 2.